The number of amides is 1. The van der Waals surface area contributed by atoms with E-state index in [2.05, 4.69) is 42.5 Å². The summed E-state index contributed by atoms with van der Waals surface area (Å²) >= 11 is 0. The minimum atomic E-state index is -0.312. The van der Waals surface area contributed by atoms with Crippen LogP contribution < -0.4 is 4.74 Å². The molecule has 33 heavy (non-hydrogen) atoms. The summed E-state index contributed by atoms with van der Waals surface area (Å²) in [6.07, 6.45) is 2.11. The first-order valence-corrected chi connectivity index (χ1v) is 11.7. The molecule has 2 heterocycles. The van der Waals surface area contributed by atoms with Crippen LogP contribution in [0, 0.1) is 12.7 Å². The molecule has 0 N–H and O–H groups in total. The molecule has 176 valence electrons. The summed E-state index contributed by atoms with van der Waals surface area (Å²) in [6.45, 7) is 12.2. The molecule has 2 aliphatic rings. The maximum atomic E-state index is 14.4. The summed E-state index contributed by atoms with van der Waals surface area (Å²) in [7, 11) is 2.13. The molecule has 4 rings (SSSR count). The van der Waals surface area contributed by atoms with E-state index in [9.17, 15) is 9.18 Å². The topological polar surface area (TPSA) is 36.0 Å². The van der Waals surface area contributed by atoms with Crippen molar-refractivity contribution in [2.75, 3.05) is 39.8 Å². The van der Waals surface area contributed by atoms with Crippen molar-refractivity contribution in [2.45, 2.75) is 39.0 Å². The van der Waals surface area contributed by atoms with Gasteiger partial charge in [-0.3, -0.25) is 9.69 Å². The number of hydrogen-bond acceptors (Lipinski definition) is 4. The summed E-state index contributed by atoms with van der Waals surface area (Å²) in [6, 6.07) is 11.8. The maximum absolute atomic E-state index is 14.4. The zero-order valence-electron chi connectivity index (χ0n) is 19.9. The molecule has 5 nitrogen and oxygen atoms in total. The number of piperazine rings is 1. The average molecular weight is 452 g/mol. The van der Waals surface area contributed by atoms with Crippen LogP contribution in [-0.2, 0) is 17.8 Å². The van der Waals surface area contributed by atoms with E-state index in [1.165, 1.54) is 17.2 Å². The van der Waals surface area contributed by atoms with E-state index in [-0.39, 0.29) is 23.9 Å². The minimum absolute atomic E-state index is 0.0328. The van der Waals surface area contributed by atoms with E-state index in [1.807, 2.05) is 23.1 Å². The minimum Gasteiger partial charge on any atom is -0.484 e. The Balaban J connectivity index is 1.54. The summed E-state index contributed by atoms with van der Waals surface area (Å²) in [5.41, 5.74) is 4.11. The largest absolute Gasteiger partial charge is 0.484 e. The number of carbonyl (C=O) groups is 1. The Labute approximate surface area is 196 Å². The third-order valence-corrected chi connectivity index (χ3v) is 6.82. The van der Waals surface area contributed by atoms with Gasteiger partial charge in [0, 0.05) is 45.3 Å². The highest BCUT2D eigenvalue weighted by Crippen LogP contribution is 2.29. The molecule has 0 unspecified atom stereocenters. The highest BCUT2D eigenvalue weighted by atomic mass is 19.1. The van der Waals surface area contributed by atoms with Gasteiger partial charge in [0.1, 0.15) is 17.7 Å². The van der Waals surface area contributed by atoms with Crippen molar-refractivity contribution in [3.63, 3.8) is 0 Å². The van der Waals surface area contributed by atoms with Gasteiger partial charge < -0.3 is 14.5 Å². The van der Waals surface area contributed by atoms with Gasteiger partial charge in [0.25, 0.3) is 0 Å². The van der Waals surface area contributed by atoms with E-state index >= 15 is 0 Å². The monoisotopic (exact) mass is 451 g/mol. The van der Waals surface area contributed by atoms with Gasteiger partial charge >= 0.3 is 0 Å². The van der Waals surface area contributed by atoms with Crippen molar-refractivity contribution < 1.29 is 13.9 Å². The van der Waals surface area contributed by atoms with Gasteiger partial charge in [-0.15, -0.1) is 0 Å². The highest BCUT2D eigenvalue weighted by molar-refractivity contribution is 5.87. The normalized spacial score (nSPS) is 20.2. The number of rotatable bonds is 6. The van der Waals surface area contributed by atoms with Crippen molar-refractivity contribution in [3.05, 3.63) is 77.1 Å². The Bertz CT molecular complexity index is 1020. The number of halogens is 1. The standard InChI is InChI=1S/C27H34FN3O2/c1-5-27(32)31-13-12-30(16-20(31)3)18-26(22-7-6-19(2)25(28)15-22)33-24-9-8-21-10-11-29(4)17-23(21)14-24/h5-9,14-15,20,26H,1,10-13,16-18H2,2-4H3/t20-,26-/m1/s1. The van der Waals surface area contributed by atoms with Crippen LogP contribution in [0.2, 0.25) is 0 Å². The van der Waals surface area contributed by atoms with E-state index < -0.39 is 0 Å². The second-order valence-electron chi connectivity index (χ2n) is 9.38. The van der Waals surface area contributed by atoms with Crippen LogP contribution in [0.4, 0.5) is 4.39 Å². The Morgan fingerprint density at radius 2 is 2.03 bits per heavy atom. The number of nitrogens with zero attached hydrogens (tertiary/aromatic N) is 3. The van der Waals surface area contributed by atoms with Crippen molar-refractivity contribution in [1.29, 1.82) is 0 Å². The molecule has 0 aliphatic carbocycles. The summed E-state index contributed by atoms with van der Waals surface area (Å²) in [5, 5.41) is 0. The number of likely N-dealkylation sites (N-methyl/N-ethyl adjacent to an activating group) is 1. The molecule has 0 aromatic heterocycles. The van der Waals surface area contributed by atoms with Crippen LogP contribution in [0.15, 0.2) is 49.1 Å². The molecule has 1 saturated heterocycles. The molecular formula is C27H34FN3O2. The molecule has 0 radical (unpaired) electrons. The van der Waals surface area contributed by atoms with Crippen LogP contribution >= 0.6 is 0 Å². The molecule has 0 spiro atoms. The second kappa shape index (κ2) is 10.1. The summed E-state index contributed by atoms with van der Waals surface area (Å²) < 4.78 is 20.9. The fourth-order valence-corrected chi connectivity index (χ4v) is 4.81. The Hall–Kier alpha value is -2.70. The van der Waals surface area contributed by atoms with Gasteiger partial charge in [0.15, 0.2) is 0 Å². The molecular weight excluding hydrogens is 417 g/mol. The third-order valence-electron chi connectivity index (χ3n) is 6.82. The van der Waals surface area contributed by atoms with Crippen molar-refractivity contribution >= 4 is 5.91 Å². The molecule has 2 atom stereocenters. The van der Waals surface area contributed by atoms with Crippen LogP contribution in [0.25, 0.3) is 0 Å². The lowest BCUT2D eigenvalue weighted by Crippen LogP contribution is -2.54. The number of fused-ring (bicyclic) bond motifs is 1. The number of benzene rings is 2. The van der Waals surface area contributed by atoms with Crippen molar-refractivity contribution in [1.82, 2.24) is 14.7 Å². The van der Waals surface area contributed by atoms with Crippen LogP contribution in [0.3, 0.4) is 0 Å². The van der Waals surface area contributed by atoms with E-state index in [0.717, 1.165) is 43.9 Å². The number of ether oxygens (including phenoxy) is 1. The lowest BCUT2D eigenvalue weighted by atomic mass is 10.00. The van der Waals surface area contributed by atoms with Gasteiger partial charge in [0.2, 0.25) is 5.91 Å². The predicted molar refractivity (Wildman–Crippen MR) is 129 cm³/mol. The van der Waals surface area contributed by atoms with E-state index in [1.54, 1.807) is 13.0 Å². The summed E-state index contributed by atoms with van der Waals surface area (Å²) in [5.74, 6) is 0.557. The van der Waals surface area contributed by atoms with E-state index in [0.29, 0.717) is 18.7 Å². The Morgan fingerprint density at radius 1 is 1.21 bits per heavy atom. The zero-order valence-corrected chi connectivity index (χ0v) is 19.9. The number of hydrogen-bond donors (Lipinski definition) is 0. The lowest BCUT2D eigenvalue weighted by molar-refractivity contribution is -0.130. The quantitative estimate of drug-likeness (QED) is 0.623. The number of aryl methyl sites for hydroxylation is 1. The first-order chi connectivity index (χ1) is 15.8. The first kappa shape index (κ1) is 23.5. The van der Waals surface area contributed by atoms with Gasteiger partial charge in [-0.2, -0.15) is 0 Å². The third kappa shape index (κ3) is 5.45. The van der Waals surface area contributed by atoms with E-state index in [4.69, 9.17) is 4.74 Å². The smallest absolute Gasteiger partial charge is 0.246 e. The predicted octanol–water partition coefficient (Wildman–Crippen LogP) is 3.96. The second-order valence-corrected chi connectivity index (χ2v) is 9.38. The first-order valence-electron chi connectivity index (χ1n) is 11.7. The van der Waals surface area contributed by atoms with Crippen molar-refractivity contribution in [3.8, 4) is 5.75 Å². The fourth-order valence-electron chi connectivity index (χ4n) is 4.81. The lowest BCUT2D eigenvalue weighted by Gasteiger charge is -2.40. The van der Waals surface area contributed by atoms with Crippen LogP contribution in [0.5, 0.6) is 5.75 Å². The van der Waals surface area contributed by atoms with Crippen LogP contribution in [0.1, 0.15) is 35.3 Å². The molecule has 6 heteroatoms. The molecule has 2 aliphatic heterocycles. The Morgan fingerprint density at radius 3 is 2.76 bits per heavy atom. The zero-order chi connectivity index (χ0) is 23.5. The van der Waals surface area contributed by atoms with Crippen LogP contribution in [-0.4, -0.2) is 66.4 Å². The Kier molecular flexibility index (Phi) is 7.15. The molecule has 1 fully saturated rings. The van der Waals surface area contributed by atoms with Gasteiger partial charge in [-0.25, -0.2) is 4.39 Å². The number of carbonyl (C=O) groups excluding carboxylic acids is 1. The molecule has 2 aromatic carbocycles. The fraction of sp³-hybridized carbons (Fsp3) is 0.444. The summed E-state index contributed by atoms with van der Waals surface area (Å²) in [4.78, 5) is 18.6. The SMILES string of the molecule is C=CC(=O)N1CCN(C[C@@H](Oc2ccc3c(c2)CN(C)CC3)c2ccc(C)c(F)c2)C[C@H]1C. The molecule has 0 bridgehead atoms. The van der Waals surface area contributed by atoms with Gasteiger partial charge in [0.05, 0.1) is 0 Å². The van der Waals surface area contributed by atoms with Gasteiger partial charge in [-0.1, -0.05) is 24.8 Å². The van der Waals surface area contributed by atoms with Crippen molar-refractivity contribution in [2.24, 2.45) is 0 Å². The molecule has 0 saturated carbocycles. The average Bonchev–Trinajstić information content (AvgIpc) is 2.80. The molecule has 1 amide bonds. The highest BCUT2D eigenvalue weighted by Gasteiger charge is 2.29. The maximum Gasteiger partial charge on any atom is 0.246 e. The van der Waals surface area contributed by atoms with Gasteiger partial charge in [-0.05, 0) is 73.8 Å². The molecule has 2 aromatic rings.